The van der Waals surface area contributed by atoms with Gasteiger partial charge in [-0.1, -0.05) is 48.4 Å². The SMILES string of the molecule is O=C(O)Oc1ccc(C2CCCCC2=C2C=CC=CC2)cc1. The van der Waals surface area contributed by atoms with E-state index in [1.54, 1.807) is 17.7 Å². The van der Waals surface area contributed by atoms with Crippen molar-refractivity contribution in [3.05, 3.63) is 65.3 Å². The molecular weight excluding hydrogens is 276 g/mol. The quantitative estimate of drug-likeness (QED) is 0.601. The number of carboxylic acid groups (broad SMARTS) is 1. The van der Waals surface area contributed by atoms with E-state index < -0.39 is 6.16 Å². The van der Waals surface area contributed by atoms with E-state index in [2.05, 4.69) is 29.0 Å². The molecule has 0 heterocycles. The van der Waals surface area contributed by atoms with Crippen molar-refractivity contribution < 1.29 is 14.6 Å². The van der Waals surface area contributed by atoms with Gasteiger partial charge in [-0.3, -0.25) is 0 Å². The third-order valence-corrected chi connectivity index (χ3v) is 4.39. The zero-order chi connectivity index (χ0) is 15.4. The Morgan fingerprint density at radius 2 is 1.95 bits per heavy atom. The second-order valence-corrected chi connectivity index (χ2v) is 5.78. The molecule has 1 N–H and O–H groups in total. The van der Waals surface area contributed by atoms with Crippen molar-refractivity contribution in [3.8, 4) is 5.75 Å². The normalized spacial score (nSPS) is 24.3. The molecule has 0 amide bonds. The van der Waals surface area contributed by atoms with Crippen LogP contribution in [0.3, 0.4) is 0 Å². The molecule has 22 heavy (non-hydrogen) atoms. The Balaban J connectivity index is 1.86. The summed E-state index contributed by atoms with van der Waals surface area (Å²) in [5, 5.41) is 8.65. The van der Waals surface area contributed by atoms with Gasteiger partial charge in [-0.25, -0.2) is 4.79 Å². The van der Waals surface area contributed by atoms with Crippen LogP contribution in [0.2, 0.25) is 0 Å². The van der Waals surface area contributed by atoms with Crippen LogP contribution >= 0.6 is 0 Å². The van der Waals surface area contributed by atoms with Crippen molar-refractivity contribution >= 4 is 6.16 Å². The fourth-order valence-electron chi connectivity index (χ4n) is 3.39. The fraction of sp³-hybridized carbons (Fsp3) is 0.316. The fourth-order valence-corrected chi connectivity index (χ4v) is 3.39. The number of ether oxygens (including phenoxy) is 1. The van der Waals surface area contributed by atoms with Gasteiger partial charge in [0.25, 0.3) is 0 Å². The summed E-state index contributed by atoms with van der Waals surface area (Å²) >= 11 is 0. The van der Waals surface area contributed by atoms with Crippen LogP contribution in [0.1, 0.15) is 43.6 Å². The van der Waals surface area contributed by atoms with Crippen LogP contribution in [0.15, 0.2) is 59.7 Å². The summed E-state index contributed by atoms with van der Waals surface area (Å²) in [5.41, 5.74) is 4.24. The summed E-state index contributed by atoms with van der Waals surface area (Å²) in [7, 11) is 0. The predicted octanol–water partition coefficient (Wildman–Crippen LogP) is 5.21. The van der Waals surface area contributed by atoms with Crippen molar-refractivity contribution in [1.29, 1.82) is 0 Å². The zero-order valence-corrected chi connectivity index (χ0v) is 12.5. The Bertz CT molecular complexity index is 635. The van der Waals surface area contributed by atoms with Crippen molar-refractivity contribution in [2.45, 2.75) is 38.0 Å². The summed E-state index contributed by atoms with van der Waals surface area (Å²) in [6, 6.07) is 7.49. The Morgan fingerprint density at radius 3 is 2.64 bits per heavy atom. The predicted molar refractivity (Wildman–Crippen MR) is 86.2 cm³/mol. The number of hydrogen-bond acceptors (Lipinski definition) is 2. The number of hydrogen-bond donors (Lipinski definition) is 1. The van der Waals surface area contributed by atoms with E-state index in [-0.39, 0.29) is 0 Å². The third-order valence-electron chi connectivity index (χ3n) is 4.39. The van der Waals surface area contributed by atoms with Crippen LogP contribution in [0.5, 0.6) is 5.75 Å². The van der Waals surface area contributed by atoms with Crippen molar-refractivity contribution in [2.75, 3.05) is 0 Å². The summed E-state index contributed by atoms with van der Waals surface area (Å²) in [6.07, 6.45) is 13.2. The maximum atomic E-state index is 10.6. The molecule has 2 aliphatic rings. The molecule has 3 nitrogen and oxygen atoms in total. The molecule has 114 valence electrons. The van der Waals surface area contributed by atoms with Gasteiger partial charge in [0.2, 0.25) is 0 Å². The van der Waals surface area contributed by atoms with Gasteiger partial charge in [-0.05, 0) is 49.0 Å². The minimum absolute atomic E-state index is 0.377. The monoisotopic (exact) mass is 296 g/mol. The molecule has 0 aromatic heterocycles. The van der Waals surface area contributed by atoms with Crippen LogP contribution in [0.4, 0.5) is 4.79 Å². The number of benzene rings is 1. The van der Waals surface area contributed by atoms with E-state index in [0.29, 0.717) is 11.7 Å². The molecule has 2 aliphatic carbocycles. The van der Waals surface area contributed by atoms with E-state index in [0.717, 1.165) is 19.3 Å². The average Bonchev–Trinajstić information content (AvgIpc) is 2.56. The maximum absolute atomic E-state index is 10.6. The topological polar surface area (TPSA) is 46.5 Å². The molecular formula is C19H20O3. The van der Waals surface area contributed by atoms with Crippen LogP contribution in [0.25, 0.3) is 0 Å². The molecule has 3 rings (SSSR count). The Labute approximate surface area is 130 Å². The van der Waals surface area contributed by atoms with E-state index in [9.17, 15) is 4.79 Å². The van der Waals surface area contributed by atoms with Gasteiger partial charge in [-0.15, -0.1) is 0 Å². The van der Waals surface area contributed by atoms with Crippen LogP contribution in [-0.4, -0.2) is 11.3 Å². The number of rotatable bonds is 2. The summed E-state index contributed by atoms with van der Waals surface area (Å²) in [6.45, 7) is 0. The van der Waals surface area contributed by atoms with Crippen LogP contribution in [-0.2, 0) is 0 Å². The molecule has 1 aromatic carbocycles. The summed E-state index contributed by atoms with van der Waals surface area (Å²) in [5.74, 6) is 0.820. The van der Waals surface area contributed by atoms with Gasteiger partial charge in [0.15, 0.2) is 0 Å². The second kappa shape index (κ2) is 6.65. The molecule has 0 saturated heterocycles. The first-order valence-corrected chi connectivity index (χ1v) is 7.80. The summed E-state index contributed by atoms with van der Waals surface area (Å²) in [4.78, 5) is 10.6. The molecule has 1 unspecified atom stereocenters. The van der Waals surface area contributed by atoms with Gasteiger partial charge in [0.1, 0.15) is 5.75 Å². The Hall–Kier alpha value is -2.29. The minimum Gasteiger partial charge on any atom is -0.449 e. The minimum atomic E-state index is -1.27. The maximum Gasteiger partial charge on any atom is 0.511 e. The lowest BCUT2D eigenvalue weighted by atomic mass is 9.76. The van der Waals surface area contributed by atoms with Crippen molar-refractivity contribution in [3.63, 3.8) is 0 Å². The first kappa shape index (κ1) is 14.6. The van der Waals surface area contributed by atoms with Gasteiger partial charge >= 0.3 is 6.16 Å². The molecule has 0 bridgehead atoms. The lowest BCUT2D eigenvalue weighted by Crippen LogP contribution is -2.11. The first-order chi connectivity index (χ1) is 10.7. The lowest BCUT2D eigenvalue weighted by molar-refractivity contribution is 0.144. The second-order valence-electron chi connectivity index (χ2n) is 5.78. The molecule has 0 spiro atoms. The van der Waals surface area contributed by atoms with Crippen molar-refractivity contribution in [1.82, 2.24) is 0 Å². The molecule has 1 saturated carbocycles. The molecule has 1 atom stereocenters. The van der Waals surface area contributed by atoms with Crippen LogP contribution in [0, 0.1) is 0 Å². The smallest absolute Gasteiger partial charge is 0.449 e. The van der Waals surface area contributed by atoms with Crippen molar-refractivity contribution in [2.24, 2.45) is 0 Å². The molecule has 0 radical (unpaired) electrons. The molecule has 1 fully saturated rings. The highest BCUT2D eigenvalue weighted by Crippen LogP contribution is 2.40. The van der Waals surface area contributed by atoms with Crippen LogP contribution < -0.4 is 4.74 Å². The first-order valence-electron chi connectivity index (χ1n) is 7.80. The van der Waals surface area contributed by atoms with Gasteiger partial charge in [-0.2, -0.15) is 0 Å². The molecule has 3 heteroatoms. The van der Waals surface area contributed by atoms with Gasteiger partial charge in [0, 0.05) is 5.92 Å². The highest BCUT2D eigenvalue weighted by Gasteiger charge is 2.23. The zero-order valence-electron chi connectivity index (χ0n) is 12.5. The van der Waals surface area contributed by atoms with E-state index in [1.165, 1.54) is 24.0 Å². The average molecular weight is 296 g/mol. The highest BCUT2D eigenvalue weighted by atomic mass is 16.7. The summed E-state index contributed by atoms with van der Waals surface area (Å²) < 4.78 is 4.68. The van der Waals surface area contributed by atoms with E-state index >= 15 is 0 Å². The van der Waals surface area contributed by atoms with Gasteiger partial charge < -0.3 is 9.84 Å². The number of carbonyl (C=O) groups is 1. The lowest BCUT2D eigenvalue weighted by Gasteiger charge is -2.28. The van der Waals surface area contributed by atoms with Gasteiger partial charge in [0.05, 0.1) is 0 Å². The van der Waals surface area contributed by atoms with E-state index in [4.69, 9.17) is 5.11 Å². The van der Waals surface area contributed by atoms with E-state index in [1.807, 2.05) is 12.1 Å². The Morgan fingerprint density at radius 1 is 1.14 bits per heavy atom. The standard InChI is InChI=1S/C19H20O3/c20-19(21)22-16-12-10-15(11-13-16)18-9-5-4-8-17(18)14-6-2-1-3-7-14/h1-3,6,10-13,18H,4-5,7-9H2,(H,20,21). The molecule has 1 aromatic rings. The molecule has 0 aliphatic heterocycles. The third kappa shape index (κ3) is 3.30. The highest BCUT2D eigenvalue weighted by molar-refractivity contribution is 5.61. The number of allylic oxidation sites excluding steroid dienone is 6. The Kier molecular flexibility index (Phi) is 4.42. The largest absolute Gasteiger partial charge is 0.511 e.